The molecule has 0 aromatic carbocycles. The van der Waals surface area contributed by atoms with Crippen molar-refractivity contribution in [3.63, 3.8) is 0 Å². The minimum atomic E-state index is 0.198. The summed E-state index contributed by atoms with van der Waals surface area (Å²) < 4.78 is 0. The Morgan fingerprint density at radius 1 is 1.56 bits per heavy atom. The molecule has 0 saturated heterocycles. The standard InChI is InChI=1S/C15H24O/c1-11(10-16)5-4-8-15(3)12(2)13-6-7-14(15)9-13/h5,13-14,16H,2,4,6-10H2,1,3H3/b11-5-/t13-,14-,15+/m1/s1. The molecule has 2 fully saturated rings. The first-order valence-corrected chi connectivity index (χ1v) is 6.53. The van der Waals surface area contributed by atoms with Crippen molar-refractivity contribution >= 4 is 0 Å². The molecule has 2 aliphatic carbocycles. The first kappa shape index (κ1) is 11.9. The van der Waals surface area contributed by atoms with E-state index < -0.39 is 0 Å². The molecule has 0 spiro atoms. The van der Waals surface area contributed by atoms with E-state index in [1.54, 1.807) is 0 Å². The van der Waals surface area contributed by atoms with Gasteiger partial charge in [-0.3, -0.25) is 0 Å². The van der Waals surface area contributed by atoms with Gasteiger partial charge < -0.3 is 5.11 Å². The molecule has 16 heavy (non-hydrogen) atoms. The number of hydrogen-bond acceptors (Lipinski definition) is 1. The lowest BCUT2D eigenvalue weighted by molar-refractivity contribution is 0.240. The quantitative estimate of drug-likeness (QED) is 0.716. The van der Waals surface area contributed by atoms with E-state index in [1.807, 2.05) is 6.92 Å². The second-order valence-electron chi connectivity index (χ2n) is 5.90. The number of aliphatic hydroxyl groups is 1. The fourth-order valence-electron chi connectivity index (χ4n) is 3.65. The number of aliphatic hydroxyl groups excluding tert-OH is 1. The lowest BCUT2D eigenvalue weighted by Crippen LogP contribution is -2.26. The summed E-state index contributed by atoms with van der Waals surface area (Å²) in [5, 5.41) is 8.96. The highest BCUT2D eigenvalue weighted by Crippen LogP contribution is 2.60. The molecule has 1 N–H and O–H groups in total. The number of hydrogen-bond donors (Lipinski definition) is 1. The van der Waals surface area contributed by atoms with Gasteiger partial charge in [-0.1, -0.05) is 30.7 Å². The maximum atomic E-state index is 8.96. The summed E-state index contributed by atoms with van der Waals surface area (Å²) in [6, 6.07) is 0. The van der Waals surface area contributed by atoms with Crippen molar-refractivity contribution in [2.45, 2.75) is 46.0 Å². The van der Waals surface area contributed by atoms with Crippen LogP contribution in [-0.4, -0.2) is 11.7 Å². The Morgan fingerprint density at radius 2 is 2.31 bits per heavy atom. The molecule has 2 bridgehead atoms. The van der Waals surface area contributed by atoms with Crippen LogP contribution in [-0.2, 0) is 0 Å². The van der Waals surface area contributed by atoms with E-state index in [0.717, 1.165) is 23.8 Å². The van der Waals surface area contributed by atoms with Crippen LogP contribution in [0.4, 0.5) is 0 Å². The summed E-state index contributed by atoms with van der Waals surface area (Å²) in [6.45, 7) is 8.94. The first-order chi connectivity index (χ1) is 7.58. The van der Waals surface area contributed by atoms with Gasteiger partial charge in [0, 0.05) is 0 Å². The summed E-state index contributed by atoms with van der Waals surface area (Å²) in [4.78, 5) is 0. The van der Waals surface area contributed by atoms with Gasteiger partial charge >= 0.3 is 0 Å². The fraction of sp³-hybridized carbons (Fsp3) is 0.733. The van der Waals surface area contributed by atoms with Gasteiger partial charge in [-0.25, -0.2) is 0 Å². The molecule has 1 nitrogen and oxygen atoms in total. The topological polar surface area (TPSA) is 20.2 Å². The van der Waals surface area contributed by atoms with Crippen molar-refractivity contribution in [3.05, 3.63) is 23.8 Å². The molecule has 90 valence electrons. The second-order valence-corrected chi connectivity index (χ2v) is 5.90. The molecule has 2 rings (SSSR count). The zero-order valence-corrected chi connectivity index (χ0v) is 10.6. The molecule has 0 unspecified atom stereocenters. The van der Waals surface area contributed by atoms with E-state index in [9.17, 15) is 0 Å². The van der Waals surface area contributed by atoms with E-state index in [1.165, 1.54) is 31.3 Å². The molecule has 0 amide bonds. The van der Waals surface area contributed by atoms with Gasteiger partial charge in [-0.15, -0.1) is 0 Å². The third-order valence-corrected chi connectivity index (χ3v) is 4.97. The highest BCUT2D eigenvalue weighted by molar-refractivity contribution is 5.24. The second kappa shape index (κ2) is 4.37. The lowest BCUT2D eigenvalue weighted by atomic mass is 9.69. The van der Waals surface area contributed by atoms with Crippen molar-refractivity contribution in [1.82, 2.24) is 0 Å². The lowest BCUT2D eigenvalue weighted by Gasteiger charge is -2.36. The molecule has 0 aromatic rings. The van der Waals surface area contributed by atoms with Gasteiger partial charge in [0.25, 0.3) is 0 Å². The Balaban J connectivity index is 1.96. The third-order valence-electron chi connectivity index (χ3n) is 4.97. The van der Waals surface area contributed by atoms with Crippen LogP contribution in [0.15, 0.2) is 23.8 Å². The smallest absolute Gasteiger partial charge is 0.0639 e. The number of fused-ring (bicyclic) bond motifs is 2. The van der Waals surface area contributed by atoms with Gasteiger partial charge in [-0.2, -0.15) is 0 Å². The van der Waals surface area contributed by atoms with Gasteiger partial charge in [0.2, 0.25) is 0 Å². The molecule has 2 aliphatic rings. The van der Waals surface area contributed by atoms with Crippen molar-refractivity contribution in [2.75, 3.05) is 6.61 Å². The minimum absolute atomic E-state index is 0.198. The Kier molecular flexibility index (Phi) is 3.25. The molecule has 0 radical (unpaired) electrons. The molecule has 0 heterocycles. The Labute approximate surface area is 99.3 Å². The highest BCUT2D eigenvalue weighted by Gasteiger charge is 2.49. The molecular weight excluding hydrogens is 196 g/mol. The van der Waals surface area contributed by atoms with E-state index in [0.29, 0.717) is 5.41 Å². The van der Waals surface area contributed by atoms with Crippen molar-refractivity contribution in [1.29, 1.82) is 0 Å². The summed E-state index contributed by atoms with van der Waals surface area (Å²) in [6.07, 6.45) is 8.66. The SMILES string of the molecule is C=C1[C@@H]2CC[C@H](C2)[C@@]1(C)CC/C=C(/C)CO. The van der Waals surface area contributed by atoms with Gasteiger partial charge in [0.05, 0.1) is 6.61 Å². The Hall–Kier alpha value is -0.560. The summed E-state index contributed by atoms with van der Waals surface area (Å²) >= 11 is 0. The maximum Gasteiger partial charge on any atom is 0.0639 e. The average Bonchev–Trinajstić information content (AvgIpc) is 2.83. The van der Waals surface area contributed by atoms with Gasteiger partial charge in [0.1, 0.15) is 0 Å². The van der Waals surface area contributed by atoms with E-state index >= 15 is 0 Å². The van der Waals surface area contributed by atoms with Crippen molar-refractivity contribution in [3.8, 4) is 0 Å². The summed E-state index contributed by atoms with van der Waals surface area (Å²) in [7, 11) is 0. The maximum absolute atomic E-state index is 8.96. The van der Waals surface area contributed by atoms with Crippen LogP contribution < -0.4 is 0 Å². The van der Waals surface area contributed by atoms with Crippen molar-refractivity contribution < 1.29 is 5.11 Å². The first-order valence-electron chi connectivity index (χ1n) is 6.53. The summed E-state index contributed by atoms with van der Waals surface area (Å²) in [5.41, 5.74) is 2.99. The number of rotatable bonds is 4. The highest BCUT2D eigenvalue weighted by atomic mass is 16.3. The predicted molar refractivity (Wildman–Crippen MR) is 68.2 cm³/mol. The average molecular weight is 220 g/mol. The largest absolute Gasteiger partial charge is 0.392 e. The third kappa shape index (κ3) is 1.86. The molecule has 0 aromatic heterocycles. The van der Waals surface area contributed by atoms with Crippen LogP contribution in [0.3, 0.4) is 0 Å². The van der Waals surface area contributed by atoms with E-state index in [2.05, 4.69) is 19.6 Å². The minimum Gasteiger partial charge on any atom is -0.392 e. The fourth-order valence-corrected chi connectivity index (χ4v) is 3.65. The molecule has 1 heteroatoms. The van der Waals surface area contributed by atoms with Crippen LogP contribution in [0.1, 0.15) is 46.0 Å². The zero-order chi connectivity index (χ0) is 11.8. The monoisotopic (exact) mass is 220 g/mol. The molecule has 0 aliphatic heterocycles. The molecular formula is C15H24O. The van der Waals surface area contributed by atoms with E-state index in [-0.39, 0.29) is 6.61 Å². The van der Waals surface area contributed by atoms with Crippen molar-refractivity contribution in [2.24, 2.45) is 17.3 Å². The number of allylic oxidation sites excluding steroid dienone is 2. The van der Waals surface area contributed by atoms with Crippen LogP contribution in [0, 0.1) is 17.3 Å². The van der Waals surface area contributed by atoms with Crippen LogP contribution in [0.2, 0.25) is 0 Å². The van der Waals surface area contributed by atoms with Gasteiger partial charge in [-0.05, 0) is 56.3 Å². The zero-order valence-electron chi connectivity index (χ0n) is 10.6. The predicted octanol–water partition coefficient (Wildman–Crippen LogP) is 3.70. The van der Waals surface area contributed by atoms with Gasteiger partial charge in [0.15, 0.2) is 0 Å². The van der Waals surface area contributed by atoms with Crippen LogP contribution >= 0.6 is 0 Å². The Morgan fingerprint density at radius 3 is 2.88 bits per heavy atom. The normalized spacial score (nSPS) is 38.4. The van der Waals surface area contributed by atoms with Crippen LogP contribution in [0.5, 0.6) is 0 Å². The molecule has 2 saturated carbocycles. The summed E-state index contributed by atoms with van der Waals surface area (Å²) in [5.74, 6) is 1.70. The molecule has 3 atom stereocenters. The van der Waals surface area contributed by atoms with Crippen LogP contribution in [0.25, 0.3) is 0 Å². The van der Waals surface area contributed by atoms with E-state index in [4.69, 9.17) is 5.11 Å². The Bertz CT molecular complexity index is 315.